The summed E-state index contributed by atoms with van der Waals surface area (Å²) in [5, 5.41) is 30.3. The molecular formula is C33H38N4O5. The number of aromatic carboxylic acids is 1. The number of aliphatic hydroxyl groups is 1. The fourth-order valence-electron chi connectivity index (χ4n) is 6.61. The Hall–Kier alpha value is -4.24. The molecule has 2 aliphatic rings. The number of carboxylic acids is 2. The first-order valence-electron chi connectivity index (χ1n) is 14.5. The Bertz CT molecular complexity index is 1810. The number of rotatable bonds is 7. The maximum atomic E-state index is 12.6. The number of aryl methyl sites for hydroxylation is 3. The van der Waals surface area contributed by atoms with Crippen molar-refractivity contribution in [3.63, 3.8) is 0 Å². The van der Waals surface area contributed by atoms with Gasteiger partial charge in [-0.05, 0) is 86.1 Å². The summed E-state index contributed by atoms with van der Waals surface area (Å²) in [4.78, 5) is 41.7. The number of fused-ring (bicyclic) bond motifs is 8. The number of aromatic amines is 2. The van der Waals surface area contributed by atoms with Crippen molar-refractivity contribution >= 4 is 45.2 Å². The van der Waals surface area contributed by atoms with Gasteiger partial charge >= 0.3 is 11.9 Å². The third-order valence-electron chi connectivity index (χ3n) is 8.95. The summed E-state index contributed by atoms with van der Waals surface area (Å²) in [7, 11) is 0. The van der Waals surface area contributed by atoms with Crippen molar-refractivity contribution in [2.45, 2.75) is 79.1 Å². The molecule has 5 N–H and O–H groups in total. The van der Waals surface area contributed by atoms with E-state index in [9.17, 15) is 24.9 Å². The summed E-state index contributed by atoms with van der Waals surface area (Å²) in [6.45, 7) is 12.0. The van der Waals surface area contributed by atoms with E-state index in [-0.39, 0.29) is 29.5 Å². The highest BCUT2D eigenvalue weighted by Gasteiger charge is 2.33. The Labute approximate surface area is 244 Å². The van der Waals surface area contributed by atoms with Gasteiger partial charge in [-0.3, -0.25) is 9.78 Å². The number of allylic oxidation sites excluding steroid dienone is 2. The van der Waals surface area contributed by atoms with Crippen molar-refractivity contribution < 1.29 is 24.9 Å². The Balaban J connectivity index is 2.06. The molecule has 0 aromatic carbocycles. The second-order valence-electron chi connectivity index (χ2n) is 11.3. The van der Waals surface area contributed by atoms with Crippen LogP contribution in [0, 0.1) is 13.8 Å². The monoisotopic (exact) mass is 570 g/mol. The Morgan fingerprint density at radius 2 is 1.57 bits per heavy atom. The molecule has 0 aliphatic carbocycles. The van der Waals surface area contributed by atoms with Crippen LogP contribution in [-0.2, 0) is 17.6 Å². The van der Waals surface area contributed by atoms with Crippen LogP contribution in [0.2, 0.25) is 0 Å². The largest absolute Gasteiger partial charge is 0.481 e. The molecule has 5 rings (SSSR count). The molecule has 42 heavy (non-hydrogen) atoms. The smallest absolute Gasteiger partial charge is 0.338 e. The SMILES string of the molecule is CCC1=C(C)c2cc3[nH]c(cc4nc(c(CC(=O)O)c5[nH]c(cc1n2)c(C)c5C(=O)O)[C@@H](CCO)[C@@H]4C)c(C)c3CC. The number of H-pyrrole nitrogens is 2. The van der Waals surface area contributed by atoms with Gasteiger partial charge in [-0.15, -0.1) is 0 Å². The van der Waals surface area contributed by atoms with Crippen molar-refractivity contribution in [1.29, 1.82) is 0 Å². The van der Waals surface area contributed by atoms with Crippen molar-refractivity contribution in [3.8, 4) is 0 Å². The van der Waals surface area contributed by atoms with Crippen LogP contribution >= 0.6 is 0 Å². The quantitative estimate of drug-likeness (QED) is 0.219. The average Bonchev–Trinajstić information content (AvgIpc) is 3.61. The maximum absolute atomic E-state index is 12.6. The van der Waals surface area contributed by atoms with Gasteiger partial charge in [0.2, 0.25) is 0 Å². The predicted octanol–water partition coefficient (Wildman–Crippen LogP) is 6.43. The first kappa shape index (κ1) is 29.3. The molecule has 5 heterocycles. The summed E-state index contributed by atoms with van der Waals surface area (Å²) < 4.78 is 0. The second-order valence-corrected chi connectivity index (χ2v) is 11.3. The van der Waals surface area contributed by atoms with E-state index in [4.69, 9.17) is 9.97 Å². The van der Waals surface area contributed by atoms with E-state index >= 15 is 0 Å². The highest BCUT2D eigenvalue weighted by atomic mass is 16.4. The van der Waals surface area contributed by atoms with Gasteiger partial charge in [0.25, 0.3) is 0 Å². The van der Waals surface area contributed by atoms with E-state index in [1.807, 2.05) is 19.1 Å². The first-order chi connectivity index (χ1) is 20.0. The number of hydrogen-bond acceptors (Lipinski definition) is 5. The van der Waals surface area contributed by atoms with Crippen LogP contribution in [-0.4, -0.2) is 53.8 Å². The molecule has 9 nitrogen and oxygen atoms in total. The fraction of sp³-hybridized carbons (Fsp3) is 0.394. The molecule has 9 heteroatoms. The maximum Gasteiger partial charge on any atom is 0.338 e. The molecule has 0 spiro atoms. The third-order valence-corrected chi connectivity index (χ3v) is 8.95. The van der Waals surface area contributed by atoms with E-state index in [1.54, 1.807) is 6.92 Å². The highest BCUT2D eigenvalue weighted by molar-refractivity contribution is 6.02. The van der Waals surface area contributed by atoms with Gasteiger partial charge in [-0.25, -0.2) is 9.78 Å². The minimum Gasteiger partial charge on any atom is -0.481 e. The van der Waals surface area contributed by atoms with Gasteiger partial charge in [-0.1, -0.05) is 20.8 Å². The zero-order valence-electron chi connectivity index (χ0n) is 25.0. The standard InChI is InChI=1S/C33H38N4O5/c1-7-19-15(3)23-12-25-17(5)21(9-10-38)31(36-25)22(11-29(39)40)32-30(33(41)42)18(6)26(37-32)14-28-20(8-2)16(4)24(35-28)13-27(19)34-23/h12-14,17,21,34,37-38H,7-11H2,1-6H3,(H,39,40)(H,41,42)/t17-,21-/m0/s1. The number of aliphatic carboxylic acids is 1. The molecule has 0 unspecified atom stereocenters. The molecule has 3 aromatic heterocycles. The summed E-state index contributed by atoms with van der Waals surface area (Å²) in [6.07, 6.45) is 1.52. The topological polar surface area (TPSA) is 152 Å². The zero-order chi connectivity index (χ0) is 30.5. The Morgan fingerprint density at radius 1 is 0.881 bits per heavy atom. The van der Waals surface area contributed by atoms with Crippen LogP contribution in [0.25, 0.3) is 33.2 Å². The van der Waals surface area contributed by atoms with Crippen LogP contribution in [0.4, 0.5) is 0 Å². The van der Waals surface area contributed by atoms with Crippen molar-refractivity contribution in [1.82, 2.24) is 19.9 Å². The van der Waals surface area contributed by atoms with Crippen LogP contribution in [0.5, 0.6) is 0 Å². The molecule has 8 bridgehead atoms. The van der Waals surface area contributed by atoms with E-state index < -0.39 is 18.4 Å². The predicted molar refractivity (Wildman–Crippen MR) is 164 cm³/mol. The van der Waals surface area contributed by atoms with Crippen LogP contribution in [0.15, 0.2) is 18.2 Å². The van der Waals surface area contributed by atoms with E-state index in [0.717, 1.165) is 57.7 Å². The third kappa shape index (κ3) is 4.81. The number of nitrogens with zero attached hydrogens (tertiary/aromatic N) is 2. The number of carboxylic acid groups (broad SMARTS) is 2. The highest BCUT2D eigenvalue weighted by Crippen LogP contribution is 2.42. The summed E-state index contributed by atoms with van der Waals surface area (Å²) >= 11 is 0. The molecule has 2 atom stereocenters. The molecule has 0 amide bonds. The van der Waals surface area contributed by atoms with Crippen LogP contribution in [0.3, 0.4) is 0 Å². The molecule has 3 aromatic rings. The van der Waals surface area contributed by atoms with Crippen molar-refractivity contribution in [2.75, 3.05) is 6.61 Å². The summed E-state index contributed by atoms with van der Waals surface area (Å²) in [6, 6.07) is 5.95. The normalized spacial score (nSPS) is 16.7. The lowest BCUT2D eigenvalue weighted by Gasteiger charge is -2.16. The molecule has 0 fully saturated rings. The molecule has 0 radical (unpaired) electrons. The molecule has 220 valence electrons. The van der Waals surface area contributed by atoms with E-state index in [2.05, 4.69) is 43.7 Å². The molecule has 0 saturated carbocycles. The van der Waals surface area contributed by atoms with Crippen molar-refractivity contribution in [3.05, 3.63) is 68.8 Å². The summed E-state index contributed by atoms with van der Waals surface area (Å²) in [5.74, 6) is -2.67. The van der Waals surface area contributed by atoms with Crippen LogP contribution < -0.4 is 0 Å². The van der Waals surface area contributed by atoms with E-state index in [1.165, 1.54) is 5.56 Å². The number of aromatic nitrogens is 4. The number of aliphatic hydroxyl groups excluding tert-OH is 1. The Kier molecular flexibility index (Phi) is 7.81. The minimum atomic E-state index is -1.15. The lowest BCUT2D eigenvalue weighted by Crippen LogP contribution is -2.11. The summed E-state index contributed by atoms with van der Waals surface area (Å²) in [5.41, 5.74) is 10.8. The average molecular weight is 571 g/mol. The molecule has 2 aliphatic heterocycles. The lowest BCUT2D eigenvalue weighted by atomic mass is 9.86. The van der Waals surface area contributed by atoms with Gasteiger partial charge in [0.05, 0.1) is 34.6 Å². The Morgan fingerprint density at radius 3 is 2.19 bits per heavy atom. The van der Waals surface area contributed by atoms with Crippen LogP contribution in [0.1, 0.15) is 108 Å². The van der Waals surface area contributed by atoms with Gasteiger partial charge in [0, 0.05) is 46.3 Å². The van der Waals surface area contributed by atoms with Gasteiger partial charge in [0.1, 0.15) is 0 Å². The van der Waals surface area contributed by atoms with Crippen molar-refractivity contribution in [2.24, 2.45) is 0 Å². The molecule has 0 saturated heterocycles. The first-order valence-corrected chi connectivity index (χ1v) is 14.5. The lowest BCUT2D eigenvalue weighted by molar-refractivity contribution is -0.136. The second kappa shape index (κ2) is 11.2. The fourth-order valence-corrected chi connectivity index (χ4v) is 6.61. The number of nitrogens with one attached hydrogen (secondary N) is 2. The van der Waals surface area contributed by atoms with Gasteiger partial charge < -0.3 is 25.3 Å². The minimum absolute atomic E-state index is 0.0162. The van der Waals surface area contributed by atoms with E-state index in [0.29, 0.717) is 28.8 Å². The zero-order valence-corrected chi connectivity index (χ0v) is 25.0. The van der Waals surface area contributed by atoms with Gasteiger partial charge in [0.15, 0.2) is 0 Å². The van der Waals surface area contributed by atoms with Gasteiger partial charge in [-0.2, -0.15) is 0 Å². The molecular weight excluding hydrogens is 532 g/mol. The number of carbonyl (C=O) groups is 2. The number of hydrogen-bond donors (Lipinski definition) is 5.